The van der Waals surface area contributed by atoms with Crippen LogP contribution in [0, 0.1) is 45.3 Å². The van der Waals surface area contributed by atoms with Crippen LogP contribution in [0.5, 0.6) is 11.5 Å². The second-order valence-corrected chi connectivity index (χ2v) is 6.65. The maximum absolute atomic E-state index is 9.92. The van der Waals surface area contributed by atoms with Crippen LogP contribution in [-0.4, -0.2) is 35.3 Å². The van der Waals surface area contributed by atoms with E-state index in [1.165, 1.54) is 12.1 Å². The molecular formula is C19H17N5O2. The van der Waals surface area contributed by atoms with Gasteiger partial charge in [-0.2, -0.15) is 15.8 Å². The monoisotopic (exact) mass is 347 g/mol. The van der Waals surface area contributed by atoms with Gasteiger partial charge in [-0.05, 0) is 30.3 Å². The van der Waals surface area contributed by atoms with E-state index in [1.54, 1.807) is 6.07 Å². The highest BCUT2D eigenvalue weighted by atomic mass is 16.3. The Labute approximate surface area is 151 Å². The number of hydrogen-bond donors (Lipinski definition) is 3. The lowest BCUT2D eigenvalue weighted by molar-refractivity contribution is 0.237. The van der Waals surface area contributed by atoms with E-state index in [9.17, 15) is 26.0 Å². The van der Waals surface area contributed by atoms with E-state index in [4.69, 9.17) is 5.73 Å². The molecule has 1 heterocycles. The first kappa shape index (κ1) is 17.4. The van der Waals surface area contributed by atoms with Crippen LogP contribution in [-0.2, 0) is 0 Å². The number of phenols is 2. The van der Waals surface area contributed by atoms with Gasteiger partial charge in [0.1, 0.15) is 6.07 Å². The van der Waals surface area contributed by atoms with Crippen LogP contribution in [0.2, 0.25) is 0 Å². The number of nitriles is 3. The fraction of sp³-hybridized carbons (Fsp3) is 0.316. The number of hydrogen-bond acceptors (Lipinski definition) is 7. The molecule has 0 fully saturated rings. The summed E-state index contributed by atoms with van der Waals surface area (Å²) >= 11 is 0. The number of fused-ring (bicyclic) bond motifs is 1. The molecule has 0 amide bonds. The molecule has 1 aliphatic carbocycles. The highest BCUT2D eigenvalue weighted by Gasteiger charge is 2.54. The first-order valence-corrected chi connectivity index (χ1v) is 8.03. The molecule has 26 heavy (non-hydrogen) atoms. The lowest BCUT2D eigenvalue weighted by Gasteiger charge is -2.45. The molecule has 2 atom stereocenters. The molecule has 0 aromatic heterocycles. The number of benzene rings is 1. The molecule has 2 aliphatic rings. The van der Waals surface area contributed by atoms with Gasteiger partial charge in [0.05, 0.1) is 23.4 Å². The first-order valence-electron chi connectivity index (χ1n) is 8.03. The fourth-order valence-electron chi connectivity index (χ4n) is 3.93. The summed E-state index contributed by atoms with van der Waals surface area (Å²) in [4.78, 5) is 2.03. The molecule has 130 valence electrons. The Hall–Kier alpha value is -3.47. The van der Waals surface area contributed by atoms with Gasteiger partial charge < -0.3 is 20.8 Å². The predicted octanol–water partition coefficient (Wildman–Crippen LogP) is 1.45. The Bertz CT molecular complexity index is 944. The molecule has 1 aliphatic heterocycles. The third kappa shape index (κ3) is 2.29. The highest BCUT2D eigenvalue weighted by molar-refractivity contribution is 5.60. The number of rotatable bonds is 1. The summed E-state index contributed by atoms with van der Waals surface area (Å²) in [5, 5.41) is 48.9. The number of nitrogens with zero attached hydrogens (tertiary/aromatic N) is 4. The van der Waals surface area contributed by atoms with Gasteiger partial charge in [-0.1, -0.05) is 12.1 Å². The van der Waals surface area contributed by atoms with Crippen LogP contribution in [0.25, 0.3) is 0 Å². The van der Waals surface area contributed by atoms with Crippen molar-refractivity contribution in [1.82, 2.24) is 4.90 Å². The smallest absolute Gasteiger partial charge is 0.191 e. The lowest BCUT2D eigenvalue weighted by atomic mass is 9.58. The molecule has 0 spiro atoms. The maximum Gasteiger partial charge on any atom is 0.191 e. The van der Waals surface area contributed by atoms with E-state index in [0.29, 0.717) is 18.7 Å². The van der Waals surface area contributed by atoms with Crippen LogP contribution < -0.4 is 5.73 Å². The summed E-state index contributed by atoms with van der Waals surface area (Å²) in [6, 6.07) is 10.3. The SMILES string of the molecule is CN1CC=C2C(C#N)=C(N)C(C#N)(C#N)[C@@H](c3ccc(O)c(O)c3)[C@H]2C1. The molecule has 1 aromatic carbocycles. The average molecular weight is 347 g/mol. The summed E-state index contributed by atoms with van der Waals surface area (Å²) in [7, 11) is 1.91. The van der Waals surface area contributed by atoms with Gasteiger partial charge in [-0.3, -0.25) is 0 Å². The zero-order valence-electron chi connectivity index (χ0n) is 14.1. The average Bonchev–Trinajstić information content (AvgIpc) is 2.63. The molecule has 1 aromatic rings. The van der Waals surface area contributed by atoms with Crippen molar-refractivity contribution in [3.05, 3.63) is 46.7 Å². The van der Waals surface area contributed by atoms with Crippen molar-refractivity contribution in [3.8, 4) is 29.7 Å². The van der Waals surface area contributed by atoms with Crippen LogP contribution in [0.15, 0.2) is 41.1 Å². The summed E-state index contributed by atoms with van der Waals surface area (Å²) in [5.41, 5.74) is 5.79. The number of phenolic OH excluding ortho intramolecular Hbond substituents is 2. The van der Waals surface area contributed by atoms with Crippen molar-refractivity contribution in [2.45, 2.75) is 5.92 Å². The van der Waals surface area contributed by atoms with Gasteiger partial charge in [-0.25, -0.2) is 0 Å². The molecule has 7 heteroatoms. The van der Waals surface area contributed by atoms with E-state index >= 15 is 0 Å². The van der Waals surface area contributed by atoms with E-state index < -0.39 is 11.3 Å². The normalized spacial score (nSPS) is 24.6. The second-order valence-electron chi connectivity index (χ2n) is 6.65. The second kappa shape index (κ2) is 6.11. The van der Waals surface area contributed by atoms with Gasteiger partial charge in [0, 0.05) is 24.9 Å². The van der Waals surface area contributed by atoms with Crippen LogP contribution in [0.1, 0.15) is 11.5 Å². The largest absolute Gasteiger partial charge is 0.504 e. The van der Waals surface area contributed by atoms with Crippen LogP contribution in [0.4, 0.5) is 0 Å². The summed E-state index contributed by atoms with van der Waals surface area (Å²) in [6.45, 7) is 1.16. The van der Waals surface area contributed by atoms with Crippen molar-refractivity contribution in [3.63, 3.8) is 0 Å². The van der Waals surface area contributed by atoms with E-state index in [1.807, 2.05) is 30.2 Å². The third-order valence-corrected chi connectivity index (χ3v) is 5.21. The number of nitrogens with two attached hydrogens (primary N) is 1. The zero-order valence-corrected chi connectivity index (χ0v) is 14.1. The van der Waals surface area contributed by atoms with Gasteiger partial charge >= 0.3 is 0 Å². The summed E-state index contributed by atoms with van der Waals surface area (Å²) in [6.07, 6.45) is 1.89. The minimum Gasteiger partial charge on any atom is -0.504 e. The summed E-state index contributed by atoms with van der Waals surface area (Å²) in [5.74, 6) is -1.63. The molecule has 0 unspecified atom stereocenters. The van der Waals surface area contributed by atoms with Crippen molar-refractivity contribution < 1.29 is 10.2 Å². The van der Waals surface area contributed by atoms with Gasteiger partial charge in [-0.15, -0.1) is 0 Å². The highest BCUT2D eigenvalue weighted by Crippen LogP contribution is 2.54. The zero-order chi connectivity index (χ0) is 19.1. The molecule has 3 rings (SSSR count). The van der Waals surface area contributed by atoms with Gasteiger partial charge in [0.15, 0.2) is 16.9 Å². The van der Waals surface area contributed by atoms with E-state index in [0.717, 1.165) is 5.57 Å². The van der Waals surface area contributed by atoms with E-state index in [-0.39, 0.29) is 28.7 Å². The number of allylic oxidation sites excluding steroid dienone is 2. The Morgan fingerprint density at radius 3 is 2.46 bits per heavy atom. The van der Waals surface area contributed by atoms with Gasteiger partial charge in [0.2, 0.25) is 0 Å². The van der Waals surface area contributed by atoms with Crippen molar-refractivity contribution in [2.24, 2.45) is 17.1 Å². The number of likely N-dealkylation sites (N-methyl/N-ethyl adjacent to an activating group) is 1. The Balaban J connectivity index is 2.34. The van der Waals surface area contributed by atoms with E-state index in [2.05, 4.69) is 6.07 Å². The molecule has 0 saturated heterocycles. The maximum atomic E-state index is 9.92. The molecular weight excluding hydrogens is 330 g/mol. The Kier molecular flexibility index (Phi) is 4.08. The molecule has 0 saturated carbocycles. The minimum absolute atomic E-state index is 0.0605. The number of aromatic hydroxyl groups is 2. The van der Waals surface area contributed by atoms with Crippen LogP contribution >= 0.6 is 0 Å². The Morgan fingerprint density at radius 2 is 1.88 bits per heavy atom. The van der Waals surface area contributed by atoms with Crippen molar-refractivity contribution in [2.75, 3.05) is 20.1 Å². The molecule has 0 bridgehead atoms. The molecule has 0 radical (unpaired) electrons. The van der Waals surface area contributed by atoms with Crippen molar-refractivity contribution >= 4 is 0 Å². The molecule has 7 nitrogen and oxygen atoms in total. The topological polar surface area (TPSA) is 141 Å². The minimum atomic E-state index is -1.74. The summed E-state index contributed by atoms with van der Waals surface area (Å²) < 4.78 is 0. The molecule has 4 N–H and O–H groups in total. The fourth-order valence-corrected chi connectivity index (χ4v) is 3.93. The van der Waals surface area contributed by atoms with Gasteiger partial charge in [0.25, 0.3) is 0 Å². The standard InChI is InChI=1S/C19H17N5O2/c1-24-5-4-12-13(7-20)18(23)19(9-21,10-22)17(14(12)8-24)11-2-3-15(25)16(26)6-11/h2-4,6,14,17,25-26H,5,8,23H2,1H3/t14-,17-/m0/s1. The van der Waals surface area contributed by atoms with Crippen molar-refractivity contribution in [1.29, 1.82) is 15.8 Å². The third-order valence-electron chi connectivity index (χ3n) is 5.21. The first-order chi connectivity index (χ1) is 12.4. The predicted molar refractivity (Wildman–Crippen MR) is 92.1 cm³/mol. The van der Waals surface area contributed by atoms with Crippen LogP contribution in [0.3, 0.4) is 0 Å². The lowest BCUT2D eigenvalue weighted by Crippen LogP contribution is -2.47. The quantitative estimate of drug-likeness (QED) is 0.653. The Morgan fingerprint density at radius 1 is 1.19 bits per heavy atom.